The van der Waals surface area contributed by atoms with E-state index in [2.05, 4.69) is 24.5 Å². The van der Waals surface area contributed by atoms with Crippen molar-refractivity contribution in [2.45, 2.75) is 147 Å². The number of halogens is 4. The fraction of sp³-hybridized carbons (Fsp3) is 0.564. The number of hydrogen-bond acceptors (Lipinski definition) is 8. The molecule has 2 N–H and O–H groups in total. The number of nitrogens with one attached hydrogen (secondary N) is 2. The molecule has 3 saturated heterocycles. The van der Waals surface area contributed by atoms with Crippen molar-refractivity contribution in [1.82, 2.24) is 24.3 Å². The van der Waals surface area contributed by atoms with Gasteiger partial charge in [-0.3, -0.25) is 33.7 Å². The molecule has 12 nitrogen and oxygen atoms in total. The molecule has 1 unspecified atom stereocenters. The van der Waals surface area contributed by atoms with Crippen molar-refractivity contribution in [1.29, 1.82) is 0 Å². The lowest BCUT2D eigenvalue weighted by atomic mass is 9.67. The molecule has 3 amide bonds. The van der Waals surface area contributed by atoms with Gasteiger partial charge in [-0.25, -0.2) is 9.18 Å². The number of likely N-dealkylation sites (tertiary alicyclic amines) is 1. The van der Waals surface area contributed by atoms with Crippen LogP contribution in [0.15, 0.2) is 65.5 Å². The first-order valence-corrected chi connectivity index (χ1v) is 25.5. The Morgan fingerprint density at radius 2 is 1.72 bits per heavy atom. The number of amides is 3. The van der Waals surface area contributed by atoms with Gasteiger partial charge in [0.2, 0.25) is 17.7 Å². The molecule has 4 aliphatic heterocycles. The molecular formula is C55H68F4N6O6. The van der Waals surface area contributed by atoms with E-state index in [9.17, 15) is 32.3 Å². The van der Waals surface area contributed by atoms with E-state index in [-0.39, 0.29) is 60.8 Å². The van der Waals surface area contributed by atoms with E-state index in [1.54, 1.807) is 22.3 Å². The Balaban J connectivity index is 0.825. The maximum atomic E-state index is 16.1. The molecule has 3 atom stereocenters. The van der Waals surface area contributed by atoms with Crippen molar-refractivity contribution in [2.75, 3.05) is 45.2 Å². The van der Waals surface area contributed by atoms with Crippen molar-refractivity contribution in [2.24, 2.45) is 11.3 Å². The van der Waals surface area contributed by atoms with Crippen LogP contribution < -0.4 is 21.1 Å². The van der Waals surface area contributed by atoms with Gasteiger partial charge in [-0.1, -0.05) is 30.3 Å². The van der Waals surface area contributed by atoms with Crippen LogP contribution in [-0.2, 0) is 44.0 Å². The van der Waals surface area contributed by atoms with Crippen molar-refractivity contribution >= 4 is 40.0 Å². The molecule has 1 aliphatic carbocycles. The summed E-state index contributed by atoms with van der Waals surface area (Å²) < 4.78 is 74.2. The van der Waals surface area contributed by atoms with Crippen LogP contribution in [0, 0.1) is 17.2 Å². The average molecular weight is 985 g/mol. The van der Waals surface area contributed by atoms with Gasteiger partial charge in [0, 0.05) is 79.9 Å². The summed E-state index contributed by atoms with van der Waals surface area (Å²) in [6.07, 6.45) is 4.71. The van der Waals surface area contributed by atoms with Crippen LogP contribution in [0.1, 0.15) is 127 Å². The van der Waals surface area contributed by atoms with Crippen molar-refractivity contribution in [3.63, 3.8) is 0 Å². The number of anilines is 1. The highest BCUT2D eigenvalue weighted by molar-refractivity contribution is 6.00. The number of aryl methyl sites for hydroxylation is 2. The molecule has 4 aromatic rings. The number of nitrogens with zero attached hydrogens (tertiary/aromatic N) is 4. The van der Waals surface area contributed by atoms with E-state index in [1.165, 1.54) is 19.9 Å². The normalized spacial score (nSPS) is 23.2. The minimum Gasteiger partial charge on any atom is -0.497 e. The summed E-state index contributed by atoms with van der Waals surface area (Å²) in [5, 5.41) is 6.11. The van der Waals surface area contributed by atoms with Crippen LogP contribution >= 0.6 is 0 Å². The number of allylic oxidation sites excluding steroid dienone is 2. The number of carbonyl (C=O) groups excluding carboxylic acids is 3. The van der Waals surface area contributed by atoms with E-state index >= 15 is 4.39 Å². The molecule has 3 aromatic carbocycles. The van der Waals surface area contributed by atoms with Crippen molar-refractivity contribution in [3.05, 3.63) is 99.2 Å². The minimum absolute atomic E-state index is 0.102. The van der Waals surface area contributed by atoms with Gasteiger partial charge in [0.1, 0.15) is 17.6 Å². The summed E-state index contributed by atoms with van der Waals surface area (Å²) in [5.41, 5.74) is 3.51. The number of rotatable bonds is 14. The van der Waals surface area contributed by atoms with E-state index < -0.39 is 35.0 Å². The summed E-state index contributed by atoms with van der Waals surface area (Å²) >= 11 is 0. The molecule has 5 heterocycles. The van der Waals surface area contributed by atoms with Crippen LogP contribution in [0.2, 0.25) is 0 Å². The van der Waals surface area contributed by atoms with E-state index in [4.69, 9.17) is 9.47 Å². The average Bonchev–Trinajstić information content (AvgIpc) is 3.62. The van der Waals surface area contributed by atoms with Crippen molar-refractivity contribution in [3.8, 4) is 5.75 Å². The van der Waals surface area contributed by atoms with E-state index in [1.807, 2.05) is 58.3 Å². The third kappa shape index (κ3) is 10.4. The lowest BCUT2D eigenvalue weighted by molar-refractivity contribution is -0.217. The summed E-state index contributed by atoms with van der Waals surface area (Å²) in [6.45, 7) is 9.10. The predicted octanol–water partition coefficient (Wildman–Crippen LogP) is 9.47. The Kier molecular flexibility index (Phi) is 14.1. The Labute approximate surface area is 413 Å². The van der Waals surface area contributed by atoms with Gasteiger partial charge in [0.05, 0.1) is 29.2 Å². The van der Waals surface area contributed by atoms with Gasteiger partial charge in [-0.05, 0) is 152 Å². The number of alkyl halides is 3. The van der Waals surface area contributed by atoms with Crippen LogP contribution in [0.25, 0.3) is 16.6 Å². The number of imide groups is 1. The number of ether oxygens (including phenoxy) is 2. The smallest absolute Gasteiger partial charge is 0.395 e. The molecule has 3 fully saturated rings. The standard InChI is InChI=1S/C55H68F4N6O6/c1-52(2,55(57,58)59)34-62(29-24-54(25-30-71-53(3,4)33-54)38-13-15-40(70-5)16-14-38)32-35-8-17-41(43(56)31-35)36-9-11-37(12-10-36)50(68)63-27-22-39(23-28-63)60-44-18-19-45-48-42(44)7-6-26-64(48)51(69)65(45)46-20-21-47(66)61-49(46)67/h8-9,13-19,31,37,39,46,60H,6-7,10-12,20-30,32-34H2,1-5H3,(H,61,66,67)/t37-,46?,54+/m0/s1. The van der Waals surface area contributed by atoms with Crippen LogP contribution in [0.5, 0.6) is 5.75 Å². The van der Waals surface area contributed by atoms with Gasteiger partial charge < -0.3 is 19.7 Å². The second kappa shape index (κ2) is 19.8. The fourth-order valence-corrected chi connectivity index (χ4v) is 12.1. The zero-order chi connectivity index (χ0) is 50.5. The molecule has 0 bridgehead atoms. The Hall–Kier alpha value is -5.48. The van der Waals surface area contributed by atoms with Crippen molar-refractivity contribution < 1.29 is 41.4 Å². The van der Waals surface area contributed by atoms with Crippen LogP contribution in [-0.4, -0.2) is 94.4 Å². The largest absolute Gasteiger partial charge is 0.497 e. The molecule has 9 rings (SSSR count). The Bertz CT molecular complexity index is 2750. The molecular weight excluding hydrogens is 917 g/mol. The first kappa shape index (κ1) is 50.5. The number of benzene rings is 3. The predicted molar refractivity (Wildman–Crippen MR) is 265 cm³/mol. The first-order valence-electron chi connectivity index (χ1n) is 25.5. The van der Waals surface area contributed by atoms with Crippen LogP contribution in [0.4, 0.5) is 23.2 Å². The summed E-state index contributed by atoms with van der Waals surface area (Å²) in [5.74, 6) is -0.579. The molecule has 5 aliphatic rings. The maximum absolute atomic E-state index is 16.1. The third-order valence-electron chi connectivity index (χ3n) is 16.1. The summed E-state index contributed by atoms with van der Waals surface area (Å²) in [4.78, 5) is 55.9. The molecule has 16 heteroatoms. The molecule has 0 spiro atoms. The van der Waals surface area contributed by atoms with Gasteiger partial charge in [-0.2, -0.15) is 13.2 Å². The zero-order valence-electron chi connectivity index (χ0n) is 41.7. The number of carbonyl (C=O) groups is 3. The zero-order valence-corrected chi connectivity index (χ0v) is 41.7. The second-order valence-electron chi connectivity index (χ2n) is 22.0. The van der Waals surface area contributed by atoms with E-state index in [0.29, 0.717) is 81.5 Å². The fourth-order valence-electron chi connectivity index (χ4n) is 12.1. The van der Waals surface area contributed by atoms with E-state index in [0.717, 1.165) is 65.8 Å². The SMILES string of the molecule is COc1ccc([C@]2(CCN(Cc3ccc(C4=CC[C@H](C(=O)N5CCC(Nc6ccc7c8c6CCCn8c(=O)n7C6CCC(=O)NC6=O)CC5)CC4)c(F)c3)CC(C)(C)C(F)(F)F)CCOC(C)(C)C2)cc1. The molecule has 0 saturated carbocycles. The highest BCUT2D eigenvalue weighted by Gasteiger charge is 2.49. The Morgan fingerprint density at radius 1 is 0.958 bits per heavy atom. The monoisotopic (exact) mass is 985 g/mol. The second-order valence-corrected chi connectivity index (χ2v) is 22.0. The molecule has 71 heavy (non-hydrogen) atoms. The molecule has 382 valence electrons. The van der Waals surface area contributed by atoms with Gasteiger partial charge in [0.15, 0.2) is 0 Å². The number of hydrogen-bond donors (Lipinski definition) is 2. The lowest BCUT2D eigenvalue weighted by Crippen LogP contribution is -2.47. The number of piperidine rings is 2. The first-order chi connectivity index (χ1) is 33.7. The van der Waals surface area contributed by atoms with Gasteiger partial charge >= 0.3 is 11.9 Å². The third-order valence-corrected chi connectivity index (χ3v) is 16.1. The maximum Gasteiger partial charge on any atom is 0.395 e. The molecule has 0 radical (unpaired) electrons. The Morgan fingerprint density at radius 3 is 2.38 bits per heavy atom. The highest BCUT2D eigenvalue weighted by Crippen LogP contribution is 2.46. The topological polar surface area (TPSA) is 127 Å². The lowest BCUT2D eigenvalue weighted by Gasteiger charge is -2.46. The minimum atomic E-state index is -4.44. The van der Waals surface area contributed by atoms with Gasteiger partial charge in [0.25, 0.3) is 0 Å². The van der Waals surface area contributed by atoms with Gasteiger partial charge in [-0.15, -0.1) is 0 Å². The molecule has 1 aromatic heterocycles. The van der Waals surface area contributed by atoms with Crippen LogP contribution in [0.3, 0.4) is 0 Å². The quantitative estimate of drug-likeness (QED) is 0.0946. The number of imidazole rings is 1. The summed E-state index contributed by atoms with van der Waals surface area (Å²) in [7, 11) is 1.62. The number of aromatic nitrogens is 2. The summed E-state index contributed by atoms with van der Waals surface area (Å²) in [6, 6.07) is 16.2. The highest BCUT2D eigenvalue weighted by atomic mass is 19.4. The number of methoxy groups -OCH3 is 1.